The monoisotopic (exact) mass is 257 g/mol. The first kappa shape index (κ1) is 22.5. The maximum Gasteiger partial charge on any atom is 0.135 e. The summed E-state index contributed by atoms with van der Waals surface area (Å²) in [5.41, 5.74) is 1.28. The zero-order valence-electron chi connectivity index (χ0n) is 14.3. The fourth-order valence-electron chi connectivity index (χ4n) is 0.408. The third-order valence-corrected chi connectivity index (χ3v) is 2.25. The first-order chi connectivity index (χ1) is 7.98. The van der Waals surface area contributed by atoms with E-state index in [1.165, 1.54) is 12.0 Å². The molecule has 0 unspecified atom stereocenters. The summed E-state index contributed by atoms with van der Waals surface area (Å²) < 4.78 is 0. The van der Waals surface area contributed by atoms with Gasteiger partial charge in [-0.3, -0.25) is 4.79 Å². The summed E-state index contributed by atoms with van der Waals surface area (Å²) in [6, 6.07) is 0.634. The smallest absolute Gasteiger partial charge is 0.135 e. The summed E-state index contributed by atoms with van der Waals surface area (Å²) in [5, 5.41) is 3.03. The fourth-order valence-corrected chi connectivity index (χ4v) is 0.408. The van der Waals surface area contributed by atoms with Crippen molar-refractivity contribution in [3.8, 4) is 0 Å². The Morgan fingerprint density at radius 1 is 1.17 bits per heavy atom. The van der Waals surface area contributed by atoms with Crippen LogP contribution < -0.4 is 5.32 Å². The Hall–Kier alpha value is -0.630. The van der Waals surface area contributed by atoms with E-state index >= 15 is 0 Å². The van der Waals surface area contributed by atoms with Gasteiger partial charge in [0.2, 0.25) is 0 Å². The molecule has 0 aromatic rings. The first-order valence-corrected chi connectivity index (χ1v) is 6.80. The van der Waals surface area contributed by atoms with Gasteiger partial charge in [-0.05, 0) is 34.2 Å². The van der Waals surface area contributed by atoms with Crippen molar-refractivity contribution in [2.24, 2.45) is 5.41 Å². The van der Waals surface area contributed by atoms with E-state index < -0.39 is 0 Å². The molecule has 0 rings (SSSR count). The van der Waals surface area contributed by atoms with Crippen molar-refractivity contribution in [2.45, 2.75) is 74.8 Å². The lowest BCUT2D eigenvalue weighted by atomic mass is 9.92. The zero-order valence-corrected chi connectivity index (χ0v) is 14.3. The number of carbonyl (C=O) groups excluding carboxylic acids is 1. The van der Waals surface area contributed by atoms with Crippen molar-refractivity contribution in [3.05, 3.63) is 11.6 Å². The van der Waals surface area contributed by atoms with E-state index in [-0.39, 0.29) is 11.2 Å². The SMILES string of the molecule is CC(=O)C(C)(C)C.CCC=C(C)C.CNC(C)C. The van der Waals surface area contributed by atoms with Crippen LogP contribution in [0.5, 0.6) is 0 Å². The van der Waals surface area contributed by atoms with Crippen molar-refractivity contribution in [1.29, 1.82) is 0 Å². The molecule has 0 heterocycles. The molecule has 0 atom stereocenters. The van der Waals surface area contributed by atoms with Gasteiger partial charge in [-0.1, -0.05) is 53.2 Å². The Morgan fingerprint density at radius 3 is 1.44 bits per heavy atom. The Kier molecular flexibility index (Phi) is 16.1. The maximum absolute atomic E-state index is 10.5. The average Bonchev–Trinajstić information content (AvgIpc) is 2.17. The molecule has 0 aromatic carbocycles. The van der Waals surface area contributed by atoms with Gasteiger partial charge in [0, 0.05) is 11.5 Å². The zero-order chi connectivity index (χ0) is 15.4. The van der Waals surface area contributed by atoms with Crippen molar-refractivity contribution in [2.75, 3.05) is 7.05 Å². The van der Waals surface area contributed by atoms with Gasteiger partial charge in [0.25, 0.3) is 0 Å². The number of nitrogens with one attached hydrogen (secondary N) is 1. The van der Waals surface area contributed by atoms with Crippen LogP contribution in [0.1, 0.15) is 68.7 Å². The summed E-state index contributed by atoms with van der Waals surface area (Å²) >= 11 is 0. The van der Waals surface area contributed by atoms with Gasteiger partial charge in [-0.2, -0.15) is 0 Å². The van der Waals surface area contributed by atoms with Gasteiger partial charge in [0.15, 0.2) is 0 Å². The van der Waals surface area contributed by atoms with Gasteiger partial charge >= 0.3 is 0 Å². The van der Waals surface area contributed by atoms with E-state index in [1.54, 1.807) is 6.92 Å². The molecule has 0 fully saturated rings. The highest BCUT2D eigenvalue weighted by atomic mass is 16.1. The van der Waals surface area contributed by atoms with Gasteiger partial charge in [0.1, 0.15) is 5.78 Å². The van der Waals surface area contributed by atoms with E-state index in [0.717, 1.165) is 0 Å². The largest absolute Gasteiger partial charge is 0.318 e. The molecule has 0 aliphatic rings. The van der Waals surface area contributed by atoms with Crippen LogP contribution in [0.15, 0.2) is 11.6 Å². The molecule has 0 saturated heterocycles. The van der Waals surface area contributed by atoms with Crippen molar-refractivity contribution in [3.63, 3.8) is 0 Å². The minimum atomic E-state index is -0.139. The van der Waals surface area contributed by atoms with E-state index in [4.69, 9.17) is 0 Å². The van der Waals surface area contributed by atoms with Gasteiger partial charge in [-0.25, -0.2) is 0 Å². The van der Waals surface area contributed by atoms with Crippen LogP contribution in [0.25, 0.3) is 0 Å². The third-order valence-electron chi connectivity index (χ3n) is 2.25. The number of hydrogen-bond donors (Lipinski definition) is 1. The molecule has 0 bridgehead atoms. The van der Waals surface area contributed by atoms with Gasteiger partial charge in [-0.15, -0.1) is 0 Å². The van der Waals surface area contributed by atoms with Crippen LogP contribution in [0, 0.1) is 5.41 Å². The molecule has 1 N–H and O–H groups in total. The fraction of sp³-hybridized carbons (Fsp3) is 0.812. The molecule has 0 spiro atoms. The predicted molar refractivity (Wildman–Crippen MR) is 84.1 cm³/mol. The van der Waals surface area contributed by atoms with Crippen molar-refractivity contribution in [1.82, 2.24) is 5.32 Å². The minimum absolute atomic E-state index is 0.139. The number of Topliss-reactive ketones (excluding diaryl/α,β-unsaturated/α-hetero) is 1. The van der Waals surface area contributed by atoms with Crippen LogP contribution >= 0.6 is 0 Å². The number of rotatable bonds is 2. The Balaban J connectivity index is -0.000000190. The van der Waals surface area contributed by atoms with Crippen LogP contribution in [0.3, 0.4) is 0 Å². The molecule has 0 saturated carbocycles. The molecule has 0 aliphatic heterocycles. The highest BCUT2D eigenvalue weighted by molar-refractivity contribution is 5.80. The minimum Gasteiger partial charge on any atom is -0.318 e. The average molecular weight is 257 g/mol. The van der Waals surface area contributed by atoms with Gasteiger partial charge in [0.05, 0.1) is 0 Å². The molecular weight excluding hydrogens is 222 g/mol. The number of ketones is 1. The summed E-state index contributed by atoms with van der Waals surface area (Å²) in [6.07, 6.45) is 3.38. The summed E-state index contributed by atoms with van der Waals surface area (Å²) in [6.45, 7) is 17.9. The first-order valence-electron chi connectivity index (χ1n) is 6.80. The molecule has 0 amide bonds. The topological polar surface area (TPSA) is 29.1 Å². The number of hydrogen-bond acceptors (Lipinski definition) is 2. The highest BCUT2D eigenvalue weighted by Gasteiger charge is 2.14. The molecule has 0 aliphatic carbocycles. The van der Waals surface area contributed by atoms with E-state index in [0.29, 0.717) is 6.04 Å². The second-order valence-electron chi connectivity index (χ2n) is 5.94. The van der Waals surface area contributed by atoms with Gasteiger partial charge < -0.3 is 5.32 Å². The van der Waals surface area contributed by atoms with Crippen LogP contribution in [0.2, 0.25) is 0 Å². The second kappa shape index (κ2) is 12.8. The maximum atomic E-state index is 10.5. The normalized spacial score (nSPS) is 9.72. The van der Waals surface area contributed by atoms with E-state index in [1.807, 2.05) is 27.8 Å². The van der Waals surface area contributed by atoms with Crippen LogP contribution in [0.4, 0.5) is 0 Å². The van der Waals surface area contributed by atoms with Crippen LogP contribution in [-0.2, 0) is 4.79 Å². The summed E-state index contributed by atoms with van der Waals surface area (Å²) in [5.74, 6) is 0.243. The lowest BCUT2D eigenvalue weighted by Crippen LogP contribution is -2.15. The molecular formula is C16H35NO. The Bertz CT molecular complexity index is 218. The van der Waals surface area contributed by atoms with E-state index in [2.05, 4.69) is 46.0 Å². The molecule has 2 nitrogen and oxygen atoms in total. The lowest BCUT2D eigenvalue weighted by molar-refractivity contribution is -0.124. The predicted octanol–water partition coefficient (Wildman–Crippen LogP) is 4.60. The molecule has 2 heteroatoms. The lowest BCUT2D eigenvalue weighted by Gasteiger charge is -2.11. The molecule has 18 heavy (non-hydrogen) atoms. The highest BCUT2D eigenvalue weighted by Crippen LogP contribution is 2.12. The van der Waals surface area contributed by atoms with Crippen molar-refractivity contribution >= 4 is 5.78 Å². The summed E-state index contributed by atoms with van der Waals surface area (Å²) in [4.78, 5) is 10.5. The standard InChI is InChI=1S/C6H12O.C6H12.C4H11N/c1-5(7)6(2,3)4;1-4-5-6(2)3;1-4(2)5-3/h1-4H3;5H,4H2,1-3H3;4-5H,1-3H3. The third kappa shape index (κ3) is 29.5. The Morgan fingerprint density at radius 2 is 1.44 bits per heavy atom. The van der Waals surface area contributed by atoms with Crippen molar-refractivity contribution < 1.29 is 4.79 Å². The molecule has 0 radical (unpaired) electrons. The molecule has 0 aromatic heterocycles. The Labute approximate surface area is 115 Å². The number of allylic oxidation sites excluding steroid dienone is 2. The quantitative estimate of drug-likeness (QED) is 0.733. The molecule has 110 valence electrons. The van der Waals surface area contributed by atoms with Crippen LogP contribution in [-0.4, -0.2) is 18.9 Å². The van der Waals surface area contributed by atoms with E-state index in [9.17, 15) is 4.79 Å². The summed E-state index contributed by atoms with van der Waals surface area (Å²) in [7, 11) is 1.95. The second-order valence-corrected chi connectivity index (χ2v) is 5.94. The number of carbonyl (C=O) groups is 1.